The number of para-hydroxylation sites is 1. The van der Waals surface area contributed by atoms with Crippen molar-refractivity contribution in [3.05, 3.63) is 71.3 Å². The highest BCUT2D eigenvalue weighted by atomic mass is 16.5. The first-order chi connectivity index (χ1) is 16.2. The molecule has 0 spiro atoms. The molecule has 6 heteroatoms. The fourth-order valence-corrected chi connectivity index (χ4v) is 4.85. The average molecular weight is 445 g/mol. The van der Waals surface area contributed by atoms with Gasteiger partial charge in [0.2, 0.25) is 0 Å². The minimum Gasteiger partial charge on any atom is -0.376 e. The number of hydrogen-bond donors (Lipinski definition) is 1. The number of rotatable bonds is 6. The summed E-state index contributed by atoms with van der Waals surface area (Å²) in [6.07, 6.45) is 2.57. The molecule has 2 aliphatic heterocycles. The summed E-state index contributed by atoms with van der Waals surface area (Å²) in [5.74, 6) is 0.737. The number of hydrogen-bond acceptors (Lipinski definition) is 5. The second-order valence-corrected chi connectivity index (χ2v) is 9.17. The summed E-state index contributed by atoms with van der Waals surface area (Å²) >= 11 is 0. The molecule has 3 heterocycles. The van der Waals surface area contributed by atoms with Crippen molar-refractivity contribution in [3.63, 3.8) is 0 Å². The van der Waals surface area contributed by atoms with E-state index in [1.165, 1.54) is 5.56 Å². The molecule has 5 rings (SSSR count). The second kappa shape index (κ2) is 9.89. The van der Waals surface area contributed by atoms with Gasteiger partial charge in [0.05, 0.1) is 23.8 Å². The summed E-state index contributed by atoms with van der Waals surface area (Å²) in [7, 11) is 0. The zero-order valence-electron chi connectivity index (χ0n) is 19.3. The van der Waals surface area contributed by atoms with Gasteiger partial charge in [-0.3, -0.25) is 9.69 Å². The Kier molecular flexibility index (Phi) is 6.55. The predicted octanol–water partition coefficient (Wildman–Crippen LogP) is 3.99. The van der Waals surface area contributed by atoms with Crippen LogP contribution >= 0.6 is 0 Å². The minimum atomic E-state index is -0.0671. The number of fused-ring (bicyclic) bond motifs is 1. The van der Waals surface area contributed by atoms with Crippen molar-refractivity contribution in [2.45, 2.75) is 39.0 Å². The van der Waals surface area contributed by atoms with Crippen LogP contribution in [0.4, 0.5) is 5.82 Å². The molecule has 2 aliphatic rings. The van der Waals surface area contributed by atoms with Crippen LogP contribution in [0.3, 0.4) is 0 Å². The van der Waals surface area contributed by atoms with E-state index < -0.39 is 0 Å². The van der Waals surface area contributed by atoms with Gasteiger partial charge in [-0.1, -0.05) is 42.5 Å². The molecule has 1 amide bonds. The number of pyridine rings is 1. The van der Waals surface area contributed by atoms with Crippen molar-refractivity contribution in [3.8, 4) is 0 Å². The molecule has 0 radical (unpaired) electrons. The zero-order chi connectivity index (χ0) is 22.6. The number of amides is 1. The van der Waals surface area contributed by atoms with Gasteiger partial charge in [0.1, 0.15) is 5.82 Å². The number of carbonyl (C=O) groups is 1. The third-order valence-corrected chi connectivity index (χ3v) is 6.53. The SMILES string of the molecule is CC1CN(Cc2cccc(CNC(=O)c3cc4ccccc4nc3N3CCCC3)c2)CCO1. The van der Waals surface area contributed by atoms with Crippen LogP contribution < -0.4 is 10.2 Å². The van der Waals surface area contributed by atoms with Gasteiger partial charge in [0, 0.05) is 44.7 Å². The summed E-state index contributed by atoms with van der Waals surface area (Å²) in [6, 6.07) is 18.5. The summed E-state index contributed by atoms with van der Waals surface area (Å²) in [6.45, 7) is 8.13. The lowest BCUT2D eigenvalue weighted by Gasteiger charge is -2.31. The summed E-state index contributed by atoms with van der Waals surface area (Å²) in [4.78, 5) is 22.8. The van der Waals surface area contributed by atoms with Crippen LogP contribution in [0.5, 0.6) is 0 Å². The molecule has 1 aromatic heterocycles. The second-order valence-electron chi connectivity index (χ2n) is 9.17. The Labute approximate surface area is 195 Å². The molecule has 33 heavy (non-hydrogen) atoms. The van der Waals surface area contributed by atoms with E-state index in [1.807, 2.05) is 30.3 Å². The number of carbonyl (C=O) groups excluding carboxylic acids is 1. The largest absolute Gasteiger partial charge is 0.376 e. The Bertz CT molecular complexity index is 1130. The highest BCUT2D eigenvalue weighted by Crippen LogP contribution is 2.26. The van der Waals surface area contributed by atoms with Crippen molar-refractivity contribution in [1.29, 1.82) is 0 Å². The maximum absolute atomic E-state index is 13.3. The topological polar surface area (TPSA) is 57.7 Å². The number of nitrogens with one attached hydrogen (secondary N) is 1. The number of ether oxygens (including phenoxy) is 1. The molecule has 1 atom stereocenters. The molecule has 1 unspecified atom stereocenters. The summed E-state index contributed by atoms with van der Waals surface area (Å²) < 4.78 is 5.65. The lowest BCUT2D eigenvalue weighted by atomic mass is 10.1. The maximum atomic E-state index is 13.3. The van der Waals surface area contributed by atoms with E-state index in [9.17, 15) is 4.79 Å². The first kappa shape index (κ1) is 21.9. The van der Waals surface area contributed by atoms with Crippen LogP contribution in [0, 0.1) is 0 Å². The molecule has 0 bridgehead atoms. The quantitative estimate of drug-likeness (QED) is 0.623. The molecule has 6 nitrogen and oxygen atoms in total. The molecule has 1 N–H and O–H groups in total. The molecule has 172 valence electrons. The molecule has 2 saturated heterocycles. The van der Waals surface area contributed by atoms with E-state index in [0.717, 1.165) is 74.5 Å². The normalized spacial score (nSPS) is 19.2. The van der Waals surface area contributed by atoms with Gasteiger partial charge in [-0.05, 0) is 43.0 Å². The number of benzene rings is 2. The van der Waals surface area contributed by atoms with E-state index >= 15 is 0 Å². The fourth-order valence-electron chi connectivity index (χ4n) is 4.85. The van der Waals surface area contributed by atoms with Gasteiger partial charge in [-0.15, -0.1) is 0 Å². The summed E-state index contributed by atoms with van der Waals surface area (Å²) in [5.41, 5.74) is 3.97. The number of nitrogens with zero attached hydrogens (tertiary/aromatic N) is 3. The van der Waals surface area contributed by atoms with Gasteiger partial charge >= 0.3 is 0 Å². The number of aromatic nitrogens is 1. The van der Waals surface area contributed by atoms with Gasteiger partial charge in [-0.25, -0.2) is 4.98 Å². The van der Waals surface area contributed by atoms with Crippen LogP contribution in [0.15, 0.2) is 54.6 Å². The van der Waals surface area contributed by atoms with Crippen molar-refractivity contribution < 1.29 is 9.53 Å². The van der Waals surface area contributed by atoms with E-state index in [4.69, 9.17) is 9.72 Å². The Morgan fingerprint density at radius 2 is 1.88 bits per heavy atom. The molecule has 3 aromatic rings. The van der Waals surface area contributed by atoms with Crippen molar-refractivity contribution in [1.82, 2.24) is 15.2 Å². The smallest absolute Gasteiger partial charge is 0.255 e. The Morgan fingerprint density at radius 3 is 2.73 bits per heavy atom. The van der Waals surface area contributed by atoms with Crippen molar-refractivity contribution >= 4 is 22.6 Å². The molecule has 0 saturated carbocycles. The van der Waals surface area contributed by atoms with Crippen molar-refractivity contribution in [2.24, 2.45) is 0 Å². The fraction of sp³-hybridized carbons (Fsp3) is 0.407. The third-order valence-electron chi connectivity index (χ3n) is 6.53. The number of anilines is 1. The van der Waals surface area contributed by atoms with Crippen LogP contribution in [-0.4, -0.2) is 54.7 Å². The Balaban J connectivity index is 1.30. The van der Waals surface area contributed by atoms with E-state index in [2.05, 4.69) is 46.3 Å². The monoisotopic (exact) mass is 444 g/mol. The van der Waals surface area contributed by atoms with Crippen LogP contribution in [0.25, 0.3) is 10.9 Å². The predicted molar refractivity (Wildman–Crippen MR) is 131 cm³/mol. The maximum Gasteiger partial charge on any atom is 0.255 e. The van der Waals surface area contributed by atoms with E-state index in [0.29, 0.717) is 12.1 Å². The summed E-state index contributed by atoms with van der Waals surface area (Å²) in [5, 5.41) is 4.14. The van der Waals surface area contributed by atoms with Crippen LogP contribution in [-0.2, 0) is 17.8 Å². The van der Waals surface area contributed by atoms with Crippen LogP contribution in [0.2, 0.25) is 0 Å². The highest BCUT2D eigenvalue weighted by molar-refractivity contribution is 6.02. The molecular formula is C27H32N4O2. The standard InChI is InChI=1S/C27H32N4O2/c1-20-18-30(13-14-33-20)19-22-8-6-7-21(15-22)17-28-27(32)24-16-23-9-2-3-10-25(23)29-26(24)31-11-4-5-12-31/h2-3,6-10,15-16,20H,4-5,11-14,17-19H2,1H3,(H,28,32). The molecular weight excluding hydrogens is 412 g/mol. The molecule has 2 fully saturated rings. The first-order valence-corrected chi connectivity index (χ1v) is 12.0. The van der Waals surface area contributed by atoms with Gasteiger partial charge in [0.25, 0.3) is 5.91 Å². The average Bonchev–Trinajstić information content (AvgIpc) is 3.37. The lowest BCUT2D eigenvalue weighted by molar-refractivity contribution is -0.0212. The zero-order valence-corrected chi connectivity index (χ0v) is 19.3. The molecule has 0 aliphatic carbocycles. The highest BCUT2D eigenvalue weighted by Gasteiger charge is 2.22. The first-order valence-electron chi connectivity index (χ1n) is 12.0. The number of morpholine rings is 1. The van der Waals surface area contributed by atoms with Gasteiger partial charge in [0.15, 0.2) is 0 Å². The Hall–Kier alpha value is -2.96. The van der Waals surface area contributed by atoms with E-state index in [-0.39, 0.29) is 12.0 Å². The van der Waals surface area contributed by atoms with Gasteiger partial charge < -0.3 is 15.0 Å². The third kappa shape index (κ3) is 5.18. The van der Waals surface area contributed by atoms with Crippen molar-refractivity contribution in [2.75, 3.05) is 37.7 Å². The minimum absolute atomic E-state index is 0.0671. The van der Waals surface area contributed by atoms with Gasteiger partial charge in [-0.2, -0.15) is 0 Å². The van der Waals surface area contributed by atoms with Crippen LogP contribution in [0.1, 0.15) is 41.3 Å². The Morgan fingerprint density at radius 1 is 1.06 bits per heavy atom. The lowest BCUT2D eigenvalue weighted by Crippen LogP contribution is -2.40. The molecule has 2 aromatic carbocycles. The van der Waals surface area contributed by atoms with E-state index in [1.54, 1.807) is 0 Å².